The Hall–Kier alpha value is -2.08. The van der Waals surface area contributed by atoms with Crippen LogP contribution in [-0.4, -0.2) is 60.5 Å². The number of urea groups is 1. The molecule has 0 spiro atoms. The van der Waals surface area contributed by atoms with E-state index in [4.69, 9.17) is 0 Å². The first-order chi connectivity index (χ1) is 11.5. The van der Waals surface area contributed by atoms with Crippen molar-refractivity contribution in [1.82, 2.24) is 15.1 Å². The second-order valence-corrected chi connectivity index (χ2v) is 6.43. The molecule has 3 amide bonds. The van der Waals surface area contributed by atoms with Crippen LogP contribution in [0.4, 0.5) is 10.5 Å². The topological polar surface area (TPSA) is 64.7 Å². The van der Waals surface area contributed by atoms with E-state index in [0.29, 0.717) is 32.7 Å². The molecule has 1 aromatic rings. The summed E-state index contributed by atoms with van der Waals surface area (Å²) in [4.78, 5) is 28.1. The summed E-state index contributed by atoms with van der Waals surface area (Å²) >= 11 is 0. The van der Waals surface area contributed by atoms with Gasteiger partial charge in [-0.25, -0.2) is 4.79 Å². The Morgan fingerprint density at radius 2 is 1.79 bits per heavy atom. The van der Waals surface area contributed by atoms with E-state index in [1.54, 1.807) is 4.90 Å². The molecule has 1 aromatic carbocycles. The Morgan fingerprint density at radius 1 is 1.12 bits per heavy atom. The third-order valence-corrected chi connectivity index (χ3v) is 4.11. The lowest BCUT2D eigenvalue weighted by molar-refractivity contribution is -0.117. The van der Waals surface area contributed by atoms with Crippen LogP contribution in [0.3, 0.4) is 0 Å². The van der Waals surface area contributed by atoms with Crippen molar-refractivity contribution in [1.29, 1.82) is 0 Å². The summed E-state index contributed by atoms with van der Waals surface area (Å²) in [7, 11) is 0. The van der Waals surface area contributed by atoms with E-state index in [1.165, 1.54) is 0 Å². The number of anilines is 1. The lowest BCUT2D eigenvalue weighted by Crippen LogP contribution is -2.53. The average Bonchev–Trinajstić information content (AvgIpc) is 2.55. The van der Waals surface area contributed by atoms with Crippen molar-refractivity contribution in [3.63, 3.8) is 0 Å². The molecular formula is C18H28N4O2. The van der Waals surface area contributed by atoms with Gasteiger partial charge in [0.05, 0.1) is 6.54 Å². The monoisotopic (exact) mass is 332 g/mol. The molecule has 1 heterocycles. The predicted molar refractivity (Wildman–Crippen MR) is 96.1 cm³/mol. The van der Waals surface area contributed by atoms with E-state index in [9.17, 15) is 9.59 Å². The summed E-state index contributed by atoms with van der Waals surface area (Å²) in [6, 6.07) is 8.00. The largest absolute Gasteiger partial charge is 0.336 e. The van der Waals surface area contributed by atoms with Gasteiger partial charge in [-0.15, -0.1) is 0 Å². The molecule has 132 valence electrons. The van der Waals surface area contributed by atoms with Crippen LogP contribution >= 0.6 is 0 Å². The summed E-state index contributed by atoms with van der Waals surface area (Å²) in [5, 5.41) is 5.90. The zero-order valence-corrected chi connectivity index (χ0v) is 14.8. The van der Waals surface area contributed by atoms with Crippen molar-refractivity contribution in [3.8, 4) is 0 Å². The molecule has 2 N–H and O–H groups in total. The van der Waals surface area contributed by atoms with Crippen molar-refractivity contribution < 1.29 is 9.59 Å². The summed E-state index contributed by atoms with van der Waals surface area (Å²) < 4.78 is 0. The lowest BCUT2D eigenvalue weighted by atomic mass is 10.1. The molecule has 1 fully saturated rings. The van der Waals surface area contributed by atoms with Crippen molar-refractivity contribution in [2.24, 2.45) is 0 Å². The Bertz CT molecular complexity index is 566. The second-order valence-electron chi connectivity index (χ2n) is 6.43. The van der Waals surface area contributed by atoms with E-state index >= 15 is 0 Å². The fraction of sp³-hybridized carbons (Fsp3) is 0.556. The Kier molecular flexibility index (Phi) is 6.61. The Balaban J connectivity index is 1.79. The first-order valence-electron chi connectivity index (χ1n) is 8.65. The van der Waals surface area contributed by atoms with Gasteiger partial charge in [-0.3, -0.25) is 9.69 Å². The lowest BCUT2D eigenvalue weighted by Gasteiger charge is -2.34. The quantitative estimate of drug-likeness (QED) is 0.866. The summed E-state index contributed by atoms with van der Waals surface area (Å²) in [5.74, 6) is -0.00372. The number of piperazine rings is 1. The summed E-state index contributed by atoms with van der Waals surface area (Å²) in [6.45, 7) is 9.07. The van der Waals surface area contributed by atoms with E-state index in [2.05, 4.69) is 22.5 Å². The minimum absolute atomic E-state index is 0.00372. The normalized spacial score (nSPS) is 15.4. The fourth-order valence-corrected chi connectivity index (χ4v) is 2.79. The van der Waals surface area contributed by atoms with Crippen LogP contribution in [0.25, 0.3) is 0 Å². The minimum atomic E-state index is -0.0222. The van der Waals surface area contributed by atoms with E-state index in [0.717, 1.165) is 17.7 Å². The maximum Gasteiger partial charge on any atom is 0.317 e. The highest BCUT2D eigenvalue weighted by atomic mass is 16.2. The highest BCUT2D eigenvalue weighted by Crippen LogP contribution is 2.15. The van der Waals surface area contributed by atoms with Gasteiger partial charge in [-0.1, -0.05) is 25.1 Å². The molecule has 0 unspecified atom stereocenters. The van der Waals surface area contributed by atoms with Gasteiger partial charge in [0.2, 0.25) is 5.91 Å². The standard InChI is InChI=1S/C18H28N4O2/c1-4-15-7-5-6-8-16(15)20-17(23)13-21-9-11-22(12-10-21)18(24)19-14(2)3/h5-8,14H,4,9-13H2,1-3H3,(H,19,24)(H,20,23). The number of benzene rings is 1. The van der Waals surface area contributed by atoms with Crippen molar-refractivity contribution in [3.05, 3.63) is 29.8 Å². The molecule has 6 nitrogen and oxygen atoms in total. The number of rotatable bonds is 5. The molecular weight excluding hydrogens is 304 g/mol. The second kappa shape index (κ2) is 8.68. The fourth-order valence-electron chi connectivity index (χ4n) is 2.79. The van der Waals surface area contributed by atoms with Gasteiger partial charge >= 0.3 is 6.03 Å². The van der Waals surface area contributed by atoms with Gasteiger partial charge in [0.1, 0.15) is 0 Å². The molecule has 24 heavy (non-hydrogen) atoms. The molecule has 0 atom stereocenters. The van der Waals surface area contributed by atoms with E-state index in [1.807, 2.05) is 38.1 Å². The molecule has 6 heteroatoms. The molecule has 0 radical (unpaired) electrons. The third-order valence-electron chi connectivity index (χ3n) is 4.11. The number of amides is 3. The molecule has 1 aliphatic heterocycles. The van der Waals surface area contributed by atoms with Gasteiger partial charge in [0, 0.05) is 37.9 Å². The van der Waals surface area contributed by atoms with Crippen LogP contribution < -0.4 is 10.6 Å². The first-order valence-corrected chi connectivity index (χ1v) is 8.65. The Morgan fingerprint density at radius 3 is 2.42 bits per heavy atom. The van der Waals surface area contributed by atoms with Crippen LogP contribution in [0.15, 0.2) is 24.3 Å². The van der Waals surface area contributed by atoms with Crippen LogP contribution in [-0.2, 0) is 11.2 Å². The van der Waals surface area contributed by atoms with Crippen LogP contribution in [0, 0.1) is 0 Å². The number of aryl methyl sites for hydroxylation is 1. The number of carbonyl (C=O) groups excluding carboxylic acids is 2. The van der Waals surface area contributed by atoms with Crippen molar-refractivity contribution >= 4 is 17.6 Å². The van der Waals surface area contributed by atoms with Crippen LogP contribution in [0.5, 0.6) is 0 Å². The number of hydrogen-bond acceptors (Lipinski definition) is 3. The Labute approximate surface area is 144 Å². The number of hydrogen-bond donors (Lipinski definition) is 2. The number of para-hydroxylation sites is 1. The molecule has 1 saturated heterocycles. The first kappa shape index (κ1) is 18.3. The molecule has 0 aliphatic carbocycles. The van der Waals surface area contributed by atoms with Crippen LogP contribution in [0.1, 0.15) is 26.3 Å². The van der Waals surface area contributed by atoms with E-state index in [-0.39, 0.29) is 18.0 Å². The maximum absolute atomic E-state index is 12.3. The molecule has 2 rings (SSSR count). The van der Waals surface area contributed by atoms with Gasteiger partial charge in [0.25, 0.3) is 0 Å². The number of nitrogens with one attached hydrogen (secondary N) is 2. The molecule has 0 bridgehead atoms. The van der Waals surface area contributed by atoms with Crippen molar-refractivity contribution in [2.75, 3.05) is 38.0 Å². The SMILES string of the molecule is CCc1ccccc1NC(=O)CN1CCN(C(=O)NC(C)C)CC1. The average molecular weight is 332 g/mol. The van der Waals surface area contributed by atoms with Gasteiger partial charge in [-0.2, -0.15) is 0 Å². The minimum Gasteiger partial charge on any atom is -0.336 e. The predicted octanol–water partition coefficient (Wildman–Crippen LogP) is 1.92. The third kappa shape index (κ3) is 5.23. The highest BCUT2D eigenvalue weighted by Gasteiger charge is 2.22. The highest BCUT2D eigenvalue weighted by molar-refractivity contribution is 5.93. The molecule has 0 aromatic heterocycles. The smallest absolute Gasteiger partial charge is 0.317 e. The molecule has 1 aliphatic rings. The number of nitrogens with zero attached hydrogens (tertiary/aromatic N) is 2. The summed E-state index contributed by atoms with van der Waals surface area (Å²) in [6.07, 6.45) is 0.889. The van der Waals surface area contributed by atoms with Crippen LogP contribution in [0.2, 0.25) is 0 Å². The zero-order valence-electron chi connectivity index (χ0n) is 14.8. The van der Waals surface area contributed by atoms with E-state index < -0.39 is 0 Å². The van der Waals surface area contributed by atoms with Crippen molar-refractivity contribution in [2.45, 2.75) is 33.2 Å². The molecule has 0 saturated carbocycles. The zero-order chi connectivity index (χ0) is 17.5. The van der Waals surface area contributed by atoms with Gasteiger partial charge < -0.3 is 15.5 Å². The maximum atomic E-state index is 12.3. The van der Waals surface area contributed by atoms with Gasteiger partial charge in [-0.05, 0) is 31.9 Å². The summed E-state index contributed by atoms with van der Waals surface area (Å²) in [5.41, 5.74) is 2.03. The number of carbonyl (C=O) groups is 2. The van der Waals surface area contributed by atoms with Gasteiger partial charge in [0.15, 0.2) is 0 Å².